The second-order valence-electron chi connectivity index (χ2n) is 4.10. The first-order valence-electron chi connectivity index (χ1n) is 5.81. The lowest BCUT2D eigenvalue weighted by atomic mass is 10.1. The van der Waals surface area contributed by atoms with E-state index in [0.29, 0.717) is 16.8 Å². The Morgan fingerprint density at radius 2 is 1.65 bits per heavy atom. The number of urea groups is 1. The number of ketones is 1. The van der Waals surface area contributed by atoms with E-state index in [9.17, 15) is 14.4 Å². The van der Waals surface area contributed by atoms with Gasteiger partial charge in [-0.1, -0.05) is 18.2 Å². The molecule has 0 fully saturated rings. The molecule has 1 aromatic rings. The van der Waals surface area contributed by atoms with Crippen LogP contribution < -0.4 is 10.6 Å². The van der Waals surface area contributed by atoms with Gasteiger partial charge in [0, 0.05) is 11.8 Å². The summed E-state index contributed by atoms with van der Waals surface area (Å²) in [6.07, 6.45) is -0.340. The first-order valence-corrected chi connectivity index (χ1v) is 6.87. The molecule has 0 unspecified atom stereocenters. The molecular formula is C13H14Cl2N2O3. The standard InChI is InChI=1S/C13H14Cl2N2O3/c1-8(18)5-11(19)16-13(20)17-12-9(6-14)3-2-4-10(12)7-15/h2-4H,5-7H2,1H3,(H2,16,17,19,20). The zero-order chi connectivity index (χ0) is 15.1. The van der Waals surface area contributed by atoms with Crippen LogP contribution in [0.3, 0.4) is 0 Å². The maximum absolute atomic E-state index is 11.7. The summed E-state index contributed by atoms with van der Waals surface area (Å²) in [7, 11) is 0. The van der Waals surface area contributed by atoms with Gasteiger partial charge in [0.05, 0.1) is 12.1 Å². The van der Waals surface area contributed by atoms with E-state index in [2.05, 4.69) is 10.6 Å². The van der Waals surface area contributed by atoms with Gasteiger partial charge in [0.15, 0.2) is 0 Å². The van der Waals surface area contributed by atoms with Gasteiger partial charge in [-0.3, -0.25) is 14.9 Å². The fourth-order valence-electron chi connectivity index (χ4n) is 1.58. The summed E-state index contributed by atoms with van der Waals surface area (Å²) in [6.45, 7) is 1.27. The van der Waals surface area contributed by atoms with Crippen LogP contribution in [0.4, 0.5) is 10.5 Å². The number of hydrogen-bond donors (Lipinski definition) is 2. The van der Waals surface area contributed by atoms with Gasteiger partial charge in [0.1, 0.15) is 5.78 Å². The van der Waals surface area contributed by atoms with E-state index in [-0.39, 0.29) is 24.0 Å². The molecule has 0 aliphatic heterocycles. The van der Waals surface area contributed by atoms with Crippen LogP contribution in [0.15, 0.2) is 18.2 Å². The number of rotatable bonds is 5. The lowest BCUT2D eigenvalue weighted by Gasteiger charge is -2.13. The molecule has 0 spiro atoms. The largest absolute Gasteiger partial charge is 0.325 e. The van der Waals surface area contributed by atoms with Crippen LogP contribution >= 0.6 is 23.2 Å². The summed E-state index contributed by atoms with van der Waals surface area (Å²) in [5.74, 6) is -0.590. The second-order valence-corrected chi connectivity index (χ2v) is 4.63. The molecule has 0 radical (unpaired) electrons. The van der Waals surface area contributed by atoms with Gasteiger partial charge in [0.25, 0.3) is 0 Å². The van der Waals surface area contributed by atoms with Crippen molar-refractivity contribution in [2.24, 2.45) is 0 Å². The highest BCUT2D eigenvalue weighted by Gasteiger charge is 2.13. The first-order chi connectivity index (χ1) is 9.47. The Labute approximate surface area is 126 Å². The average Bonchev–Trinajstić information content (AvgIpc) is 2.37. The van der Waals surface area contributed by atoms with Crippen molar-refractivity contribution < 1.29 is 14.4 Å². The van der Waals surface area contributed by atoms with Gasteiger partial charge in [-0.05, 0) is 18.1 Å². The van der Waals surface area contributed by atoms with Gasteiger partial charge in [-0.25, -0.2) is 4.79 Å². The normalized spacial score (nSPS) is 9.95. The molecule has 1 aromatic carbocycles. The SMILES string of the molecule is CC(=O)CC(=O)NC(=O)Nc1c(CCl)cccc1CCl. The van der Waals surface area contributed by atoms with Crippen molar-refractivity contribution >= 4 is 46.6 Å². The molecule has 1 rings (SSSR count). The van der Waals surface area contributed by atoms with Crippen LogP contribution in [0, 0.1) is 0 Å². The van der Waals surface area contributed by atoms with E-state index >= 15 is 0 Å². The Bertz CT molecular complexity index is 510. The van der Waals surface area contributed by atoms with E-state index in [4.69, 9.17) is 23.2 Å². The minimum Gasteiger partial charge on any atom is -0.307 e. The molecule has 2 N–H and O–H groups in total. The fraction of sp³-hybridized carbons (Fsp3) is 0.308. The van der Waals surface area contributed by atoms with E-state index in [1.807, 2.05) is 0 Å². The number of carbonyl (C=O) groups is 3. The van der Waals surface area contributed by atoms with E-state index in [1.165, 1.54) is 6.92 Å². The van der Waals surface area contributed by atoms with Crippen molar-refractivity contribution in [1.29, 1.82) is 0 Å². The topological polar surface area (TPSA) is 75.3 Å². The molecule has 0 heterocycles. The number of alkyl halides is 2. The predicted molar refractivity (Wildman–Crippen MR) is 78.0 cm³/mol. The molecule has 0 bridgehead atoms. The summed E-state index contributed by atoms with van der Waals surface area (Å²) < 4.78 is 0. The molecule has 0 saturated carbocycles. The van der Waals surface area contributed by atoms with Gasteiger partial charge >= 0.3 is 6.03 Å². The highest BCUT2D eigenvalue weighted by Crippen LogP contribution is 2.24. The third-order valence-electron chi connectivity index (χ3n) is 2.43. The minimum atomic E-state index is -0.722. The van der Waals surface area contributed by atoms with Crippen LogP contribution in [0.2, 0.25) is 0 Å². The Hall–Kier alpha value is -1.59. The summed E-state index contributed by atoms with van der Waals surface area (Å²) in [4.78, 5) is 33.8. The molecule has 3 amide bonds. The average molecular weight is 317 g/mol. The minimum absolute atomic E-state index is 0.196. The van der Waals surface area contributed by atoms with Gasteiger partial charge in [-0.15, -0.1) is 23.2 Å². The van der Waals surface area contributed by atoms with Crippen molar-refractivity contribution in [1.82, 2.24) is 5.32 Å². The summed E-state index contributed by atoms with van der Waals surface area (Å²) in [5, 5.41) is 4.60. The highest BCUT2D eigenvalue weighted by atomic mass is 35.5. The van der Waals surface area contributed by atoms with Crippen molar-refractivity contribution in [3.05, 3.63) is 29.3 Å². The Kier molecular flexibility index (Phi) is 6.48. The number of halogens is 2. The molecule has 108 valence electrons. The van der Waals surface area contributed by atoms with Crippen LogP contribution in [-0.2, 0) is 21.3 Å². The fourth-order valence-corrected chi connectivity index (χ4v) is 2.02. The maximum Gasteiger partial charge on any atom is 0.325 e. The zero-order valence-corrected chi connectivity index (χ0v) is 12.3. The summed E-state index contributed by atoms with van der Waals surface area (Å²) in [5.41, 5.74) is 1.86. The zero-order valence-electron chi connectivity index (χ0n) is 10.8. The van der Waals surface area contributed by atoms with Crippen molar-refractivity contribution in [3.8, 4) is 0 Å². The molecule has 7 heteroatoms. The van der Waals surface area contributed by atoms with Gasteiger partial charge in [0.2, 0.25) is 5.91 Å². The molecule has 0 atom stereocenters. The van der Waals surface area contributed by atoms with Crippen molar-refractivity contribution in [3.63, 3.8) is 0 Å². The van der Waals surface area contributed by atoms with Crippen molar-refractivity contribution in [2.75, 3.05) is 5.32 Å². The Morgan fingerprint density at radius 1 is 1.10 bits per heavy atom. The third-order valence-corrected chi connectivity index (χ3v) is 3.00. The summed E-state index contributed by atoms with van der Waals surface area (Å²) >= 11 is 11.6. The smallest absolute Gasteiger partial charge is 0.307 e. The van der Waals surface area contributed by atoms with Crippen LogP contribution in [0.1, 0.15) is 24.5 Å². The van der Waals surface area contributed by atoms with Gasteiger partial charge < -0.3 is 5.32 Å². The molecule has 0 saturated heterocycles. The molecule has 0 aliphatic rings. The van der Waals surface area contributed by atoms with Gasteiger partial charge in [-0.2, -0.15) is 0 Å². The molecule has 0 aromatic heterocycles. The number of para-hydroxylation sites is 1. The van der Waals surface area contributed by atoms with Crippen LogP contribution in [-0.4, -0.2) is 17.7 Å². The number of anilines is 1. The number of amides is 3. The van der Waals surface area contributed by atoms with E-state index < -0.39 is 11.9 Å². The highest BCUT2D eigenvalue weighted by molar-refractivity contribution is 6.19. The number of hydrogen-bond acceptors (Lipinski definition) is 3. The van der Waals surface area contributed by atoms with E-state index in [0.717, 1.165) is 0 Å². The Morgan fingerprint density at radius 3 is 2.10 bits per heavy atom. The Balaban J connectivity index is 2.80. The number of Topliss-reactive ketones (excluding diaryl/α,β-unsaturated/α-hetero) is 1. The van der Waals surface area contributed by atoms with E-state index in [1.54, 1.807) is 18.2 Å². The quantitative estimate of drug-likeness (QED) is 0.648. The lowest BCUT2D eigenvalue weighted by molar-refractivity contribution is -0.126. The summed E-state index contributed by atoms with van der Waals surface area (Å²) in [6, 6.07) is 4.55. The third kappa shape index (κ3) is 4.83. The molecule has 5 nitrogen and oxygen atoms in total. The predicted octanol–water partition coefficient (Wildman–Crippen LogP) is 2.79. The monoisotopic (exact) mass is 316 g/mol. The molecule has 0 aliphatic carbocycles. The molecule has 20 heavy (non-hydrogen) atoms. The number of nitrogens with one attached hydrogen (secondary N) is 2. The second kappa shape index (κ2) is 7.87. The van der Waals surface area contributed by atoms with Crippen LogP contribution in [0.25, 0.3) is 0 Å². The first kappa shape index (κ1) is 16.5. The maximum atomic E-state index is 11.7. The number of imide groups is 1. The van der Waals surface area contributed by atoms with Crippen molar-refractivity contribution in [2.45, 2.75) is 25.1 Å². The number of carbonyl (C=O) groups excluding carboxylic acids is 3. The molecular weight excluding hydrogens is 303 g/mol. The lowest BCUT2D eigenvalue weighted by Crippen LogP contribution is -2.35. The number of benzene rings is 1. The van der Waals surface area contributed by atoms with Crippen LogP contribution in [0.5, 0.6) is 0 Å².